The normalized spacial score (nSPS) is 20.9. The number of nitrogens with zero attached hydrogens (tertiary/aromatic N) is 1. The van der Waals surface area contributed by atoms with E-state index in [0.29, 0.717) is 6.42 Å². The monoisotopic (exact) mass is 169 g/mol. The van der Waals surface area contributed by atoms with Crippen LogP contribution in [0, 0.1) is 0 Å². The molecule has 2 heteroatoms. The van der Waals surface area contributed by atoms with Gasteiger partial charge in [0.05, 0.1) is 0 Å². The van der Waals surface area contributed by atoms with Gasteiger partial charge in [-0.15, -0.1) is 0 Å². The molecule has 1 rings (SSSR count). The first-order chi connectivity index (χ1) is 5.60. The lowest BCUT2D eigenvalue weighted by Gasteiger charge is -2.35. The third-order valence-electron chi connectivity index (χ3n) is 3.17. The lowest BCUT2D eigenvalue weighted by Crippen LogP contribution is -2.44. The summed E-state index contributed by atoms with van der Waals surface area (Å²) in [7, 11) is 1.94. The fraction of sp³-hybridized carbons (Fsp3) is 0.900. The molecule has 1 fully saturated rings. The average Bonchev–Trinajstić information content (AvgIpc) is 2.50. The Morgan fingerprint density at radius 2 is 1.92 bits per heavy atom. The molecule has 12 heavy (non-hydrogen) atoms. The van der Waals surface area contributed by atoms with Gasteiger partial charge in [0.1, 0.15) is 0 Å². The van der Waals surface area contributed by atoms with Gasteiger partial charge in [-0.1, -0.05) is 19.8 Å². The van der Waals surface area contributed by atoms with E-state index < -0.39 is 0 Å². The van der Waals surface area contributed by atoms with Crippen molar-refractivity contribution in [3.8, 4) is 0 Å². The molecule has 0 bridgehead atoms. The molecular formula is C10H19NO. The zero-order valence-corrected chi connectivity index (χ0v) is 8.39. The van der Waals surface area contributed by atoms with Gasteiger partial charge in [0.25, 0.3) is 0 Å². The van der Waals surface area contributed by atoms with E-state index in [1.807, 2.05) is 18.9 Å². The smallest absolute Gasteiger partial charge is 0.222 e. The Kier molecular flexibility index (Phi) is 2.76. The maximum absolute atomic E-state index is 11.4. The highest BCUT2D eigenvalue weighted by atomic mass is 16.2. The highest BCUT2D eigenvalue weighted by molar-refractivity contribution is 5.76. The quantitative estimate of drug-likeness (QED) is 0.620. The summed E-state index contributed by atoms with van der Waals surface area (Å²) >= 11 is 0. The van der Waals surface area contributed by atoms with Gasteiger partial charge in [0.2, 0.25) is 5.91 Å². The van der Waals surface area contributed by atoms with Crippen molar-refractivity contribution >= 4 is 5.91 Å². The lowest BCUT2D eigenvalue weighted by atomic mass is 9.98. The van der Waals surface area contributed by atoms with Crippen LogP contribution in [0.1, 0.15) is 46.0 Å². The molecule has 1 aliphatic rings. The summed E-state index contributed by atoms with van der Waals surface area (Å²) in [5.41, 5.74) is 0.160. The summed E-state index contributed by atoms with van der Waals surface area (Å²) in [6.45, 7) is 4.13. The molecule has 0 N–H and O–H groups in total. The molecule has 0 spiro atoms. The summed E-state index contributed by atoms with van der Waals surface area (Å²) in [4.78, 5) is 13.4. The van der Waals surface area contributed by atoms with Crippen molar-refractivity contribution < 1.29 is 4.79 Å². The zero-order valence-electron chi connectivity index (χ0n) is 8.39. The van der Waals surface area contributed by atoms with Gasteiger partial charge in [-0.05, 0) is 19.8 Å². The van der Waals surface area contributed by atoms with Crippen molar-refractivity contribution in [1.29, 1.82) is 0 Å². The van der Waals surface area contributed by atoms with Crippen molar-refractivity contribution in [3.05, 3.63) is 0 Å². The van der Waals surface area contributed by atoms with E-state index in [0.717, 1.165) is 0 Å². The van der Waals surface area contributed by atoms with Crippen LogP contribution in [-0.2, 0) is 4.79 Å². The van der Waals surface area contributed by atoms with E-state index in [9.17, 15) is 4.79 Å². The van der Waals surface area contributed by atoms with E-state index in [-0.39, 0.29) is 11.4 Å². The van der Waals surface area contributed by atoms with E-state index in [4.69, 9.17) is 0 Å². The van der Waals surface area contributed by atoms with Crippen LogP contribution in [0.3, 0.4) is 0 Å². The molecule has 0 radical (unpaired) electrons. The van der Waals surface area contributed by atoms with Crippen LogP contribution in [0.5, 0.6) is 0 Å². The third kappa shape index (κ3) is 1.62. The van der Waals surface area contributed by atoms with Crippen LogP contribution < -0.4 is 0 Å². The van der Waals surface area contributed by atoms with Gasteiger partial charge >= 0.3 is 0 Å². The minimum atomic E-state index is 0.160. The topological polar surface area (TPSA) is 20.3 Å². The fourth-order valence-corrected chi connectivity index (χ4v) is 2.01. The van der Waals surface area contributed by atoms with Crippen LogP contribution in [0.25, 0.3) is 0 Å². The van der Waals surface area contributed by atoms with Gasteiger partial charge in [-0.25, -0.2) is 0 Å². The molecule has 70 valence electrons. The number of hydrogen-bond acceptors (Lipinski definition) is 1. The largest absolute Gasteiger partial charge is 0.340 e. The summed E-state index contributed by atoms with van der Waals surface area (Å²) in [5.74, 6) is 0.277. The van der Waals surface area contributed by atoms with Crippen LogP contribution in [0.4, 0.5) is 0 Å². The number of hydrogen-bond donors (Lipinski definition) is 0. The summed E-state index contributed by atoms with van der Waals surface area (Å²) in [6.07, 6.45) is 5.53. The van der Waals surface area contributed by atoms with Gasteiger partial charge in [0.15, 0.2) is 0 Å². The number of amides is 1. The highest BCUT2D eigenvalue weighted by Crippen LogP contribution is 2.33. The van der Waals surface area contributed by atoms with Gasteiger partial charge < -0.3 is 4.90 Å². The Morgan fingerprint density at radius 1 is 1.42 bits per heavy atom. The van der Waals surface area contributed by atoms with Crippen LogP contribution >= 0.6 is 0 Å². The van der Waals surface area contributed by atoms with Gasteiger partial charge in [-0.3, -0.25) is 4.79 Å². The van der Waals surface area contributed by atoms with E-state index >= 15 is 0 Å². The third-order valence-corrected chi connectivity index (χ3v) is 3.17. The van der Waals surface area contributed by atoms with Crippen LogP contribution in [0.2, 0.25) is 0 Å². The first kappa shape index (κ1) is 9.56. The molecule has 0 heterocycles. The molecule has 1 amide bonds. The van der Waals surface area contributed by atoms with E-state index in [2.05, 4.69) is 6.92 Å². The molecule has 2 nitrogen and oxygen atoms in total. The number of rotatable bonds is 2. The molecule has 1 saturated carbocycles. The molecule has 0 aliphatic heterocycles. The first-order valence-electron chi connectivity index (χ1n) is 4.87. The molecule has 0 aromatic rings. The first-order valence-corrected chi connectivity index (χ1v) is 4.87. The lowest BCUT2D eigenvalue weighted by molar-refractivity contribution is -0.134. The Labute approximate surface area is 74.9 Å². The number of carbonyl (C=O) groups is 1. The second-order valence-corrected chi connectivity index (χ2v) is 4.01. The molecule has 0 aromatic heterocycles. The van der Waals surface area contributed by atoms with Crippen molar-refractivity contribution in [2.45, 2.75) is 51.5 Å². The predicted octanol–water partition coefficient (Wildman–Crippen LogP) is 2.19. The minimum absolute atomic E-state index is 0.160. The van der Waals surface area contributed by atoms with Crippen LogP contribution in [0.15, 0.2) is 0 Å². The van der Waals surface area contributed by atoms with Gasteiger partial charge in [0, 0.05) is 19.0 Å². The second kappa shape index (κ2) is 3.46. The zero-order chi connectivity index (χ0) is 9.19. The molecule has 1 aliphatic carbocycles. The molecule has 0 unspecified atom stereocenters. The second-order valence-electron chi connectivity index (χ2n) is 4.01. The fourth-order valence-electron chi connectivity index (χ4n) is 2.01. The van der Waals surface area contributed by atoms with E-state index in [1.165, 1.54) is 25.7 Å². The maximum Gasteiger partial charge on any atom is 0.222 e. The Bertz CT molecular complexity index is 171. The van der Waals surface area contributed by atoms with E-state index in [1.54, 1.807) is 0 Å². The SMILES string of the molecule is CCC(=O)N(C)C1(C)CCCC1. The molecular weight excluding hydrogens is 150 g/mol. The minimum Gasteiger partial charge on any atom is -0.340 e. The van der Waals surface area contributed by atoms with Gasteiger partial charge in [-0.2, -0.15) is 0 Å². The van der Waals surface area contributed by atoms with Crippen molar-refractivity contribution in [1.82, 2.24) is 4.90 Å². The number of carbonyl (C=O) groups excluding carboxylic acids is 1. The summed E-state index contributed by atoms with van der Waals surface area (Å²) in [6, 6.07) is 0. The Morgan fingerprint density at radius 3 is 2.33 bits per heavy atom. The van der Waals surface area contributed by atoms with Crippen molar-refractivity contribution in [2.75, 3.05) is 7.05 Å². The molecule has 0 saturated heterocycles. The predicted molar refractivity (Wildman–Crippen MR) is 49.9 cm³/mol. The molecule has 0 aromatic carbocycles. The standard InChI is InChI=1S/C10H19NO/c1-4-9(12)11(3)10(2)7-5-6-8-10/h4-8H2,1-3H3. The summed E-state index contributed by atoms with van der Waals surface area (Å²) in [5, 5.41) is 0. The van der Waals surface area contributed by atoms with Crippen molar-refractivity contribution in [2.24, 2.45) is 0 Å². The average molecular weight is 169 g/mol. The van der Waals surface area contributed by atoms with Crippen LogP contribution in [-0.4, -0.2) is 23.4 Å². The summed E-state index contributed by atoms with van der Waals surface area (Å²) < 4.78 is 0. The van der Waals surface area contributed by atoms with Crippen molar-refractivity contribution in [3.63, 3.8) is 0 Å². The molecule has 0 atom stereocenters. The Balaban J connectivity index is 2.61. The highest BCUT2D eigenvalue weighted by Gasteiger charge is 2.34. The maximum atomic E-state index is 11.4. The Hall–Kier alpha value is -0.530.